The van der Waals surface area contributed by atoms with Crippen LogP contribution >= 0.6 is 23.4 Å². The summed E-state index contributed by atoms with van der Waals surface area (Å²) in [5.41, 5.74) is 1.29. The van der Waals surface area contributed by atoms with Gasteiger partial charge in [-0.15, -0.1) is 11.8 Å². The zero-order valence-electron chi connectivity index (χ0n) is 18.2. The van der Waals surface area contributed by atoms with Crippen LogP contribution in [0.25, 0.3) is 0 Å². The van der Waals surface area contributed by atoms with Gasteiger partial charge >= 0.3 is 6.18 Å². The summed E-state index contributed by atoms with van der Waals surface area (Å²) in [6, 6.07) is 17.0. The SMILES string of the molecule is CSc1ccc(/C=N/NC(=O)CN(c2ccc(Cl)c(C(F)(F)F)c2)S(=O)(=O)c2ccccc2)cc1. The predicted molar refractivity (Wildman–Crippen MR) is 131 cm³/mol. The van der Waals surface area contributed by atoms with E-state index >= 15 is 0 Å². The molecule has 3 aromatic carbocycles. The maximum absolute atomic E-state index is 13.4. The van der Waals surface area contributed by atoms with Crippen LogP contribution in [0.3, 0.4) is 0 Å². The molecule has 0 radical (unpaired) electrons. The number of nitrogens with zero attached hydrogens (tertiary/aromatic N) is 2. The number of sulfonamides is 1. The minimum Gasteiger partial charge on any atom is -0.271 e. The minimum absolute atomic E-state index is 0.200. The first kappa shape index (κ1) is 26.6. The van der Waals surface area contributed by atoms with Gasteiger partial charge in [0.15, 0.2) is 0 Å². The van der Waals surface area contributed by atoms with Gasteiger partial charge in [0.2, 0.25) is 0 Å². The Balaban J connectivity index is 1.90. The number of halogens is 4. The van der Waals surface area contributed by atoms with E-state index in [9.17, 15) is 26.4 Å². The smallest absolute Gasteiger partial charge is 0.271 e. The fourth-order valence-electron chi connectivity index (χ4n) is 2.95. The quantitative estimate of drug-likeness (QED) is 0.234. The van der Waals surface area contributed by atoms with Crippen molar-refractivity contribution in [3.63, 3.8) is 0 Å². The molecular formula is C23H19ClF3N3O3S2. The molecule has 0 aliphatic rings. The zero-order valence-corrected chi connectivity index (χ0v) is 20.5. The highest BCUT2D eigenvalue weighted by molar-refractivity contribution is 7.98. The zero-order chi connectivity index (χ0) is 25.6. The third kappa shape index (κ3) is 6.77. The highest BCUT2D eigenvalue weighted by atomic mass is 35.5. The van der Waals surface area contributed by atoms with Crippen LogP contribution in [0.15, 0.2) is 87.7 Å². The summed E-state index contributed by atoms with van der Waals surface area (Å²) in [4.78, 5) is 13.4. The monoisotopic (exact) mass is 541 g/mol. The van der Waals surface area contributed by atoms with Crippen LogP contribution in [0.4, 0.5) is 18.9 Å². The Kier molecular flexibility index (Phi) is 8.47. The predicted octanol–water partition coefficient (Wildman–Crippen LogP) is 5.43. The van der Waals surface area contributed by atoms with Gasteiger partial charge in [0, 0.05) is 4.90 Å². The standard InChI is InChI=1S/C23H19ClF3N3O3S2/c1-34-18-10-7-16(8-11-18)14-28-29-22(31)15-30(35(32,33)19-5-3-2-4-6-19)17-9-12-21(24)20(13-17)23(25,26)27/h2-14H,15H2,1H3,(H,29,31)/b28-14+. The molecule has 35 heavy (non-hydrogen) atoms. The van der Waals surface area contributed by atoms with E-state index in [1.165, 1.54) is 30.5 Å². The second-order valence-electron chi connectivity index (χ2n) is 7.05. The van der Waals surface area contributed by atoms with Gasteiger partial charge in [0.1, 0.15) is 6.54 Å². The van der Waals surface area contributed by atoms with Crippen molar-refractivity contribution in [1.82, 2.24) is 5.43 Å². The molecule has 3 rings (SSSR count). The highest BCUT2D eigenvalue weighted by Gasteiger charge is 2.35. The van der Waals surface area contributed by atoms with E-state index in [0.717, 1.165) is 17.0 Å². The lowest BCUT2D eigenvalue weighted by molar-refractivity contribution is -0.137. The Hall–Kier alpha value is -3.02. The average molecular weight is 542 g/mol. The number of carbonyl (C=O) groups is 1. The number of hydrazone groups is 1. The van der Waals surface area contributed by atoms with Crippen molar-refractivity contribution in [2.45, 2.75) is 16.0 Å². The molecule has 1 N–H and O–H groups in total. The molecule has 0 saturated heterocycles. The van der Waals surface area contributed by atoms with E-state index in [1.54, 1.807) is 30.0 Å². The van der Waals surface area contributed by atoms with Crippen LogP contribution < -0.4 is 9.73 Å². The number of hydrogen-bond acceptors (Lipinski definition) is 5. The number of nitrogens with one attached hydrogen (secondary N) is 1. The number of hydrogen-bond donors (Lipinski definition) is 1. The molecule has 184 valence electrons. The van der Waals surface area contributed by atoms with Gasteiger partial charge in [-0.05, 0) is 54.3 Å². The van der Waals surface area contributed by atoms with Crippen molar-refractivity contribution in [2.24, 2.45) is 5.10 Å². The van der Waals surface area contributed by atoms with Gasteiger partial charge in [0.25, 0.3) is 15.9 Å². The Morgan fingerprint density at radius 2 is 1.74 bits per heavy atom. The fourth-order valence-corrected chi connectivity index (χ4v) is 5.02. The molecule has 0 aliphatic carbocycles. The van der Waals surface area contributed by atoms with Gasteiger partial charge in [-0.25, -0.2) is 13.8 Å². The van der Waals surface area contributed by atoms with Gasteiger partial charge in [0.05, 0.1) is 27.4 Å². The van der Waals surface area contributed by atoms with Crippen molar-refractivity contribution in [3.05, 3.63) is 88.9 Å². The summed E-state index contributed by atoms with van der Waals surface area (Å²) in [6.45, 7) is -0.821. The van der Waals surface area contributed by atoms with Crippen molar-refractivity contribution in [2.75, 3.05) is 17.1 Å². The van der Waals surface area contributed by atoms with Crippen LogP contribution in [-0.2, 0) is 21.0 Å². The average Bonchev–Trinajstić information content (AvgIpc) is 2.83. The molecule has 0 unspecified atom stereocenters. The second kappa shape index (κ2) is 11.1. The molecule has 0 atom stereocenters. The third-order valence-corrected chi connectivity index (χ3v) is 7.54. The van der Waals surface area contributed by atoms with Crippen LogP contribution in [0.5, 0.6) is 0 Å². The summed E-state index contributed by atoms with van der Waals surface area (Å²) in [5.74, 6) is -0.856. The summed E-state index contributed by atoms with van der Waals surface area (Å²) in [6.07, 6.45) is -1.54. The largest absolute Gasteiger partial charge is 0.417 e. The van der Waals surface area contributed by atoms with Gasteiger partial charge in [-0.1, -0.05) is 41.9 Å². The van der Waals surface area contributed by atoms with Crippen LogP contribution in [0.1, 0.15) is 11.1 Å². The Morgan fingerprint density at radius 3 is 2.34 bits per heavy atom. The number of carbonyl (C=O) groups excluding carboxylic acids is 1. The fraction of sp³-hybridized carbons (Fsp3) is 0.130. The van der Waals surface area contributed by atoms with E-state index < -0.39 is 39.2 Å². The number of amides is 1. The van der Waals surface area contributed by atoms with E-state index in [0.29, 0.717) is 15.9 Å². The molecule has 3 aromatic rings. The number of alkyl halides is 3. The topological polar surface area (TPSA) is 78.8 Å². The summed E-state index contributed by atoms with van der Waals surface area (Å²) >= 11 is 7.24. The number of benzene rings is 3. The Morgan fingerprint density at radius 1 is 1.09 bits per heavy atom. The van der Waals surface area contributed by atoms with E-state index in [2.05, 4.69) is 10.5 Å². The number of anilines is 1. The van der Waals surface area contributed by atoms with Gasteiger partial charge < -0.3 is 0 Å². The summed E-state index contributed by atoms with van der Waals surface area (Å²) in [5, 5.41) is 3.22. The molecule has 0 saturated carbocycles. The molecule has 12 heteroatoms. The van der Waals surface area contributed by atoms with Gasteiger partial charge in [-0.2, -0.15) is 18.3 Å². The summed E-state index contributed by atoms with van der Waals surface area (Å²) in [7, 11) is -4.40. The molecular weight excluding hydrogens is 523 g/mol. The minimum atomic E-state index is -4.83. The number of rotatable bonds is 8. The molecule has 6 nitrogen and oxygen atoms in total. The highest BCUT2D eigenvalue weighted by Crippen LogP contribution is 2.38. The van der Waals surface area contributed by atoms with E-state index in [4.69, 9.17) is 11.6 Å². The maximum atomic E-state index is 13.4. The molecule has 0 spiro atoms. The van der Waals surface area contributed by atoms with E-state index in [1.807, 2.05) is 18.4 Å². The first-order valence-electron chi connectivity index (χ1n) is 9.93. The second-order valence-corrected chi connectivity index (χ2v) is 10.2. The first-order chi connectivity index (χ1) is 16.5. The molecule has 0 heterocycles. The normalized spacial score (nSPS) is 12.0. The maximum Gasteiger partial charge on any atom is 0.417 e. The van der Waals surface area contributed by atoms with Crippen molar-refractivity contribution < 1.29 is 26.4 Å². The molecule has 1 amide bonds. The van der Waals surface area contributed by atoms with Crippen molar-refractivity contribution in [3.8, 4) is 0 Å². The van der Waals surface area contributed by atoms with Crippen LogP contribution in [0, 0.1) is 0 Å². The van der Waals surface area contributed by atoms with Crippen molar-refractivity contribution in [1.29, 1.82) is 0 Å². The molecule has 0 aliphatic heterocycles. The lowest BCUT2D eigenvalue weighted by atomic mass is 10.2. The molecule has 0 fully saturated rings. The lowest BCUT2D eigenvalue weighted by Crippen LogP contribution is -2.39. The third-order valence-electron chi connectivity index (χ3n) is 4.68. The Bertz CT molecular complexity index is 1320. The van der Waals surface area contributed by atoms with Gasteiger partial charge in [-0.3, -0.25) is 9.10 Å². The first-order valence-corrected chi connectivity index (χ1v) is 13.0. The Labute approximate surface area is 209 Å². The van der Waals surface area contributed by atoms with Crippen LogP contribution in [0.2, 0.25) is 5.02 Å². The van der Waals surface area contributed by atoms with Crippen LogP contribution in [-0.4, -0.2) is 33.3 Å². The summed E-state index contributed by atoms with van der Waals surface area (Å²) < 4.78 is 67.3. The lowest BCUT2D eigenvalue weighted by Gasteiger charge is -2.24. The number of thioether (sulfide) groups is 1. The molecule has 0 aromatic heterocycles. The van der Waals surface area contributed by atoms with Crippen molar-refractivity contribution >= 4 is 51.2 Å². The molecule has 0 bridgehead atoms. The van der Waals surface area contributed by atoms with E-state index in [-0.39, 0.29) is 10.6 Å².